The first-order valence-electron chi connectivity index (χ1n) is 5.27. The van der Waals surface area contributed by atoms with Gasteiger partial charge >= 0.3 is 0 Å². The molecule has 0 radical (unpaired) electrons. The van der Waals surface area contributed by atoms with Gasteiger partial charge in [-0.3, -0.25) is 9.78 Å². The van der Waals surface area contributed by atoms with Crippen LogP contribution < -0.4 is 0 Å². The van der Waals surface area contributed by atoms with Crippen molar-refractivity contribution in [1.82, 2.24) is 4.98 Å². The van der Waals surface area contributed by atoms with Crippen molar-refractivity contribution in [3.05, 3.63) is 29.6 Å². The minimum absolute atomic E-state index is 0.540. The van der Waals surface area contributed by atoms with Crippen LogP contribution in [0.3, 0.4) is 0 Å². The monoisotopic (exact) mass is 191 g/mol. The Bertz CT molecular complexity index is 283. The summed E-state index contributed by atoms with van der Waals surface area (Å²) in [7, 11) is 0. The summed E-state index contributed by atoms with van der Waals surface area (Å²) in [6, 6.07) is 3.86. The number of aromatic nitrogens is 1. The highest BCUT2D eigenvalue weighted by Crippen LogP contribution is 2.07. The SMILES string of the molecule is CCCCCCc1ccnc(C=O)c1. The van der Waals surface area contributed by atoms with Crippen molar-refractivity contribution < 1.29 is 4.79 Å². The molecule has 0 atom stereocenters. The van der Waals surface area contributed by atoms with Gasteiger partial charge in [-0.05, 0) is 30.5 Å². The zero-order chi connectivity index (χ0) is 10.2. The van der Waals surface area contributed by atoms with Crippen LogP contribution in [-0.2, 0) is 6.42 Å². The maximum Gasteiger partial charge on any atom is 0.168 e. The molecule has 0 saturated carbocycles. The predicted octanol–water partition coefficient (Wildman–Crippen LogP) is 3.02. The van der Waals surface area contributed by atoms with Gasteiger partial charge in [-0.15, -0.1) is 0 Å². The molecule has 0 fully saturated rings. The molecule has 2 nitrogen and oxygen atoms in total. The Morgan fingerprint density at radius 2 is 2.21 bits per heavy atom. The summed E-state index contributed by atoms with van der Waals surface area (Å²) in [6.45, 7) is 2.21. The number of aldehydes is 1. The molecule has 1 aromatic rings. The molecule has 0 aliphatic heterocycles. The van der Waals surface area contributed by atoms with E-state index in [2.05, 4.69) is 11.9 Å². The van der Waals surface area contributed by atoms with E-state index in [0.717, 1.165) is 12.7 Å². The highest BCUT2D eigenvalue weighted by molar-refractivity contribution is 5.71. The number of carbonyl (C=O) groups excluding carboxylic acids is 1. The summed E-state index contributed by atoms with van der Waals surface area (Å²) >= 11 is 0. The number of unbranched alkanes of at least 4 members (excludes halogenated alkanes) is 3. The average Bonchev–Trinajstić information content (AvgIpc) is 2.25. The molecule has 14 heavy (non-hydrogen) atoms. The normalized spacial score (nSPS) is 10.1. The lowest BCUT2D eigenvalue weighted by molar-refractivity contribution is 0.111. The molecule has 0 unspecified atom stereocenters. The highest BCUT2D eigenvalue weighted by atomic mass is 16.1. The predicted molar refractivity (Wildman–Crippen MR) is 57.5 cm³/mol. The Kier molecular flexibility index (Phi) is 4.90. The molecular formula is C12H17NO. The fraction of sp³-hybridized carbons (Fsp3) is 0.500. The molecule has 1 aromatic heterocycles. The lowest BCUT2D eigenvalue weighted by atomic mass is 10.1. The van der Waals surface area contributed by atoms with Crippen LogP contribution in [0.4, 0.5) is 0 Å². The number of carbonyl (C=O) groups is 1. The molecule has 0 aliphatic rings. The Labute approximate surface area is 85.4 Å². The Balaban J connectivity index is 2.38. The molecule has 0 saturated heterocycles. The summed E-state index contributed by atoms with van der Waals surface area (Å²) in [5.74, 6) is 0. The summed E-state index contributed by atoms with van der Waals surface area (Å²) in [6.07, 6.45) is 8.60. The zero-order valence-corrected chi connectivity index (χ0v) is 8.70. The largest absolute Gasteiger partial charge is 0.296 e. The third-order valence-corrected chi connectivity index (χ3v) is 2.29. The first-order chi connectivity index (χ1) is 6.86. The smallest absolute Gasteiger partial charge is 0.168 e. The summed E-state index contributed by atoms with van der Waals surface area (Å²) in [4.78, 5) is 14.4. The van der Waals surface area contributed by atoms with E-state index in [1.807, 2.05) is 12.1 Å². The van der Waals surface area contributed by atoms with Crippen LogP contribution in [0.1, 0.15) is 48.7 Å². The van der Waals surface area contributed by atoms with Gasteiger partial charge in [-0.25, -0.2) is 0 Å². The van der Waals surface area contributed by atoms with E-state index in [0.29, 0.717) is 5.69 Å². The molecule has 0 amide bonds. The van der Waals surface area contributed by atoms with E-state index < -0.39 is 0 Å². The third kappa shape index (κ3) is 3.69. The molecule has 1 heterocycles. The highest BCUT2D eigenvalue weighted by Gasteiger charge is 1.96. The van der Waals surface area contributed by atoms with E-state index in [4.69, 9.17) is 0 Å². The fourth-order valence-corrected chi connectivity index (χ4v) is 1.47. The molecule has 0 bridgehead atoms. The summed E-state index contributed by atoms with van der Waals surface area (Å²) < 4.78 is 0. The fourth-order valence-electron chi connectivity index (χ4n) is 1.47. The number of hydrogen-bond donors (Lipinski definition) is 0. The first-order valence-corrected chi connectivity index (χ1v) is 5.27. The molecule has 2 heteroatoms. The topological polar surface area (TPSA) is 30.0 Å². The maximum atomic E-state index is 10.5. The van der Waals surface area contributed by atoms with Gasteiger partial charge in [0.2, 0.25) is 0 Å². The standard InChI is InChI=1S/C12H17NO/c1-2-3-4-5-6-11-7-8-13-12(9-11)10-14/h7-10H,2-6H2,1H3. The molecule has 0 aliphatic carbocycles. The van der Waals surface area contributed by atoms with Crippen LogP contribution in [0, 0.1) is 0 Å². The Morgan fingerprint density at radius 1 is 1.36 bits per heavy atom. The molecule has 0 aromatic carbocycles. The number of rotatable bonds is 6. The summed E-state index contributed by atoms with van der Waals surface area (Å²) in [5, 5.41) is 0. The lowest BCUT2D eigenvalue weighted by Gasteiger charge is -2.00. The van der Waals surface area contributed by atoms with Crippen molar-refractivity contribution in [2.24, 2.45) is 0 Å². The minimum Gasteiger partial charge on any atom is -0.296 e. The van der Waals surface area contributed by atoms with E-state index in [1.54, 1.807) is 6.20 Å². The Hall–Kier alpha value is -1.18. The van der Waals surface area contributed by atoms with Gasteiger partial charge in [0.15, 0.2) is 6.29 Å². The minimum atomic E-state index is 0.540. The lowest BCUT2D eigenvalue weighted by Crippen LogP contribution is -1.91. The van der Waals surface area contributed by atoms with Gasteiger partial charge in [0.25, 0.3) is 0 Å². The van der Waals surface area contributed by atoms with Crippen LogP contribution in [0.25, 0.3) is 0 Å². The van der Waals surface area contributed by atoms with Crippen LogP contribution in [0.5, 0.6) is 0 Å². The van der Waals surface area contributed by atoms with Gasteiger partial charge < -0.3 is 0 Å². The van der Waals surface area contributed by atoms with Crippen molar-refractivity contribution >= 4 is 6.29 Å². The number of hydrogen-bond acceptors (Lipinski definition) is 2. The van der Waals surface area contributed by atoms with Gasteiger partial charge in [-0.2, -0.15) is 0 Å². The van der Waals surface area contributed by atoms with Crippen LogP contribution >= 0.6 is 0 Å². The second-order valence-electron chi connectivity index (χ2n) is 3.52. The second kappa shape index (κ2) is 6.30. The van der Waals surface area contributed by atoms with Crippen molar-refractivity contribution in [2.75, 3.05) is 0 Å². The van der Waals surface area contributed by atoms with Crippen LogP contribution in [0.2, 0.25) is 0 Å². The first kappa shape index (κ1) is 10.9. The van der Waals surface area contributed by atoms with Crippen molar-refractivity contribution in [1.29, 1.82) is 0 Å². The summed E-state index contributed by atoms with van der Waals surface area (Å²) in [5.41, 5.74) is 1.76. The second-order valence-corrected chi connectivity index (χ2v) is 3.52. The van der Waals surface area contributed by atoms with E-state index in [9.17, 15) is 4.79 Å². The van der Waals surface area contributed by atoms with Crippen LogP contribution in [0.15, 0.2) is 18.3 Å². The average molecular weight is 191 g/mol. The number of aryl methyl sites for hydroxylation is 1. The third-order valence-electron chi connectivity index (χ3n) is 2.29. The number of pyridine rings is 1. The molecule has 0 N–H and O–H groups in total. The van der Waals surface area contributed by atoms with Gasteiger partial charge in [-0.1, -0.05) is 26.2 Å². The van der Waals surface area contributed by atoms with Crippen molar-refractivity contribution in [2.45, 2.75) is 39.0 Å². The molecular weight excluding hydrogens is 174 g/mol. The Morgan fingerprint density at radius 3 is 2.93 bits per heavy atom. The maximum absolute atomic E-state index is 10.5. The van der Waals surface area contributed by atoms with Crippen molar-refractivity contribution in [3.63, 3.8) is 0 Å². The number of nitrogens with zero attached hydrogens (tertiary/aromatic N) is 1. The molecule has 0 spiro atoms. The van der Waals surface area contributed by atoms with E-state index in [-0.39, 0.29) is 0 Å². The van der Waals surface area contributed by atoms with E-state index in [1.165, 1.54) is 31.2 Å². The van der Waals surface area contributed by atoms with E-state index >= 15 is 0 Å². The van der Waals surface area contributed by atoms with Gasteiger partial charge in [0.05, 0.1) is 0 Å². The molecule has 76 valence electrons. The van der Waals surface area contributed by atoms with Gasteiger partial charge in [0, 0.05) is 6.20 Å². The van der Waals surface area contributed by atoms with Crippen LogP contribution in [-0.4, -0.2) is 11.3 Å². The zero-order valence-electron chi connectivity index (χ0n) is 8.70. The molecule has 1 rings (SSSR count). The van der Waals surface area contributed by atoms with Crippen molar-refractivity contribution in [3.8, 4) is 0 Å². The van der Waals surface area contributed by atoms with Gasteiger partial charge in [0.1, 0.15) is 5.69 Å². The quantitative estimate of drug-likeness (QED) is 0.511.